The standard InChI is InChI=1S/C14H19N5O2/c1-14(2,3)21-13(20)18-5-10(6-18)9-4-11-16-8-17-12(15)19(11)7-9/h4,7-8,10H,5-6H2,1-3H3,(H2,15,16,17). The molecule has 0 saturated carbocycles. The first-order valence-electron chi connectivity index (χ1n) is 6.90. The van der Waals surface area contributed by atoms with Crippen LogP contribution in [0.25, 0.3) is 5.65 Å². The maximum absolute atomic E-state index is 11.9. The molecule has 3 rings (SSSR count). The Bertz CT molecular complexity index is 682. The molecule has 7 nitrogen and oxygen atoms in total. The highest BCUT2D eigenvalue weighted by molar-refractivity contribution is 5.69. The highest BCUT2D eigenvalue weighted by Crippen LogP contribution is 2.29. The fourth-order valence-corrected chi connectivity index (χ4v) is 2.35. The monoisotopic (exact) mass is 289 g/mol. The number of carbonyl (C=O) groups excluding carboxylic acids is 1. The number of amides is 1. The fourth-order valence-electron chi connectivity index (χ4n) is 2.35. The van der Waals surface area contributed by atoms with E-state index in [-0.39, 0.29) is 6.09 Å². The van der Waals surface area contributed by atoms with E-state index in [4.69, 9.17) is 10.5 Å². The minimum absolute atomic E-state index is 0.262. The van der Waals surface area contributed by atoms with E-state index in [1.807, 2.05) is 33.0 Å². The van der Waals surface area contributed by atoms with Crippen LogP contribution in [0.5, 0.6) is 0 Å². The Balaban J connectivity index is 1.68. The maximum atomic E-state index is 11.9. The molecule has 0 spiro atoms. The smallest absolute Gasteiger partial charge is 0.410 e. The Hall–Kier alpha value is -2.31. The third kappa shape index (κ3) is 2.63. The first-order chi connectivity index (χ1) is 9.83. The van der Waals surface area contributed by atoms with Gasteiger partial charge in [-0.3, -0.25) is 4.40 Å². The van der Waals surface area contributed by atoms with Crippen LogP contribution in [-0.2, 0) is 4.74 Å². The van der Waals surface area contributed by atoms with Gasteiger partial charge in [-0.05, 0) is 32.4 Å². The van der Waals surface area contributed by atoms with E-state index in [1.165, 1.54) is 6.33 Å². The number of rotatable bonds is 1. The Labute approximate surface area is 122 Å². The van der Waals surface area contributed by atoms with Crippen molar-refractivity contribution in [2.24, 2.45) is 0 Å². The summed E-state index contributed by atoms with van der Waals surface area (Å²) in [5, 5.41) is 0. The van der Waals surface area contributed by atoms with Crippen LogP contribution in [0, 0.1) is 0 Å². The summed E-state index contributed by atoms with van der Waals surface area (Å²) >= 11 is 0. The number of aromatic nitrogens is 3. The average molecular weight is 289 g/mol. The second kappa shape index (κ2) is 4.61. The molecular weight excluding hydrogens is 270 g/mol. The zero-order valence-corrected chi connectivity index (χ0v) is 12.4. The predicted molar refractivity (Wildman–Crippen MR) is 77.9 cm³/mol. The van der Waals surface area contributed by atoms with Gasteiger partial charge < -0.3 is 15.4 Å². The van der Waals surface area contributed by atoms with Crippen molar-refractivity contribution in [3.63, 3.8) is 0 Å². The van der Waals surface area contributed by atoms with Gasteiger partial charge in [-0.1, -0.05) is 0 Å². The second-order valence-corrected chi connectivity index (χ2v) is 6.32. The van der Waals surface area contributed by atoms with Gasteiger partial charge in [0.15, 0.2) is 0 Å². The van der Waals surface area contributed by atoms with Crippen molar-refractivity contribution in [1.29, 1.82) is 0 Å². The molecule has 0 radical (unpaired) electrons. The van der Waals surface area contributed by atoms with Crippen molar-refractivity contribution in [3.05, 3.63) is 24.2 Å². The zero-order valence-electron chi connectivity index (χ0n) is 12.4. The normalized spacial score (nSPS) is 16.0. The van der Waals surface area contributed by atoms with E-state index < -0.39 is 5.60 Å². The van der Waals surface area contributed by atoms with Crippen LogP contribution in [0.1, 0.15) is 32.3 Å². The second-order valence-electron chi connectivity index (χ2n) is 6.32. The van der Waals surface area contributed by atoms with Crippen LogP contribution in [0.4, 0.5) is 10.7 Å². The van der Waals surface area contributed by atoms with Gasteiger partial charge in [-0.25, -0.2) is 14.8 Å². The van der Waals surface area contributed by atoms with Crippen molar-refractivity contribution >= 4 is 17.7 Å². The Kier molecular flexibility index (Phi) is 3.00. The van der Waals surface area contributed by atoms with Gasteiger partial charge >= 0.3 is 6.09 Å². The Morgan fingerprint density at radius 2 is 2.10 bits per heavy atom. The molecule has 0 atom stereocenters. The highest BCUT2D eigenvalue weighted by atomic mass is 16.6. The summed E-state index contributed by atoms with van der Waals surface area (Å²) in [4.78, 5) is 21.7. The largest absolute Gasteiger partial charge is 0.444 e. The summed E-state index contributed by atoms with van der Waals surface area (Å²) in [7, 11) is 0. The van der Waals surface area contributed by atoms with Crippen molar-refractivity contribution in [1.82, 2.24) is 19.3 Å². The number of anilines is 1. The quantitative estimate of drug-likeness (QED) is 0.862. The van der Waals surface area contributed by atoms with Gasteiger partial charge in [0.1, 0.15) is 17.6 Å². The third-order valence-electron chi connectivity index (χ3n) is 3.45. The van der Waals surface area contributed by atoms with Crippen LogP contribution < -0.4 is 5.73 Å². The number of carbonyl (C=O) groups is 1. The summed E-state index contributed by atoms with van der Waals surface area (Å²) in [6.45, 7) is 6.90. The van der Waals surface area contributed by atoms with Crippen LogP contribution in [0.3, 0.4) is 0 Å². The summed E-state index contributed by atoms with van der Waals surface area (Å²) < 4.78 is 7.10. The summed E-state index contributed by atoms with van der Waals surface area (Å²) in [5.74, 6) is 0.702. The van der Waals surface area contributed by atoms with Crippen molar-refractivity contribution < 1.29 is 9.53 Å². The minimum atomic E-state index is -0.461. The summed E-state index contributed by atoms with van der Waals surface area (Å²) in [6.07, 6.45) is 3.12. The molecule has 0 aliphatic carbocycles. The van der Waals surface area contributed by atoms with Gasteiger partial charge in [-0.15, -0.1) is 0 Å². The van der Waals surface area contributed by atoms with Crippen LogP contribution in [-0.4, -0.2) is 44.1 Å². The van der Waals surface area contributed by atoms with Crippen molar-refractivity contribution in [2.45, 2.75) is 32.3 Å². The van der Waals surface area contributed by atoms with Crippen LogP contribution in [0.2, 0.25) is 0 Å². The minimum Gasteiger partial charge on any atom is -0.444 e. The van der Waals surface area contributed by atoms with Gasteiger partial charge in [0.2, 0.25) is 5.95 Å². The summed E-state index contributed by atoms with van der Waals surface area (Å²) in [6, 6.07) is 1.98. The number of likely N-dealkylation sites (tertiary alicyclic amines) is 1. The lowest BCUT2D eigenvalue weighted by Gasteiger charge is -2.39. The number of hydrogen-bond acceptors (Lipinski definition) is 5. The van der Waals surface area contributed by atoms with Crippen LogP contribution in [0.15, 0.2) is 18.6 Å². The molecular formula is C14H19N5O2. The van der Waals surface area contributed by atoms with E-state index in [2.05, 4.69) is 9.97 Å². The van der Waals surface area contributed by atoms with Crippen molar-refractivity contribution in [2.75, 3.05) is 18.8 Å². The summed E-state index contributed by atoms with van der Waals surface area (Å²) in [5.41, 5.74) is 7.22. The molecule has 0 bridgehead atoms. The lowest BCUT2D eigenvalue weighted by Crippen LogP contribution is -2.50. The van der Waals surface area contributed by atoms with E-state index in [1.54, 1.807) is 9.30 Å². The maximum Gasteiger partial charge on any atom is 0.410 e. The molecule has 1 aliphatic heterocycles. The Morgan fingerprint density at radius 1 is 1.38 bits per heavy atom. The van der Waals surface area contributed by atoms with Crippen molar-refractivity contribution in [3.8, 4) is 0 Å². The molecule has 0 unspecified atom stereocenters. The number of hydrogen-bond donors (Lipinski definition) is 1. The average Bonchev–Trinajstić information content (AvgIpc) is 2.69. The third-order valence-corrected chi connectivity index (χ3v) is 3.45. The molecule has 2 aromatic heterocycles. The van der Waals surface area contributed by atoms with Crippen LogP contribution >= 0.6 is 0 Å². The lowest BCUT2D eigenvalue weighted by atomic mass is 9.94. The molecule has 21 heavy (non-hydrogen) atoms. The topological polar surface area (TPSA) is 85.8 Å². The molecule has 1 amide bonds. The predicted octanol–water partition coefficient (Wildman–Crippen LogP) is 1.65. The number of nitrogens with two attached hydrogens (primary N) is 1. The lowest BCUT2D eigenvalue weighted by molar-refractivity contribution is 0.00820. The first kappa shape index (κ1) is 13.7. The molecule has 112 valence electrons. The van der Waals surface area contributed by atoms with E-state index >= 15 is 0 Å². The molecule has 2 N–H and O–H groups in total. The van der Waals surface area contributed by atoms with Gasteiger partial charge in [0.05, 0.1) is 0 Å². The van der Waals surface area contributed by atoms with Gasteiger partial charge in [0.25, 0.3) is 0 Å². The molecule has 1 fully saturated rings. The number of ether oxygens (including phenoxy) is 1. The van der Waals surface area contributed by atoms with E-state index in [0.29, 0.717) is 25.0 Å². The molecule has 1 saturated heterocycles. The number of fused-ring (bicyclic) bond motifs is 1. The van der Waals surface area contributed by atoms with E-state index in [9.17, 15) is 4.79 Å². The number of nitrogen functional groups attached to an aromatic ring is 1. The van der Waals surface area contributed by atoms with E-state index in [0.717, 1.165) is 11.2 Å². The molecule has 7 heteroatoms. The SMILES string of the molecule is CC(C)(C)OC(=O)N1CC(c2cc3ncnc(N)n3c2)C1. The van der Waals surface area contributed by atoms with Gasteiger partial charge in [0, 0.05) is 25.2 Å². The fraction of sp³-hybridized carbons (Fsp3) is 0.500. The zero-order chi connectivity index (χ0) is 15.2. The first-order valence-corrected chi connectivity index (χ1v) is 6.90. The number of nitrogens with zero attached hydrogens (tertiary/aromatic N) is 4. The molecule has 3 heterocycles. The molecule has 2 aromatic rings. The molecule has 1 aliphatic rings. The highest BCUT2D eigenvalue weighted by Gasteiger charge is 2.35. The Morgan fingerprint density at radius 3 is 2.71 bits per heavy atom. The van der Waals surface area contributed by atoms with Gasteiger partial charge in [-0.2, -0.15) is 0 Å². The molecule has 0 aromatic carbocycles.